The van der Waals surface area contributed by atoms with E-state index < -0.39 is 21.9 Å². The monoisotopic (exact) mass is 284 g/mol. The molecule has 2 aliphatic rings. The molecule has 0 spiro atoms. The highest BCUT2D eigenvalue weighted by Gasteiger charge is 2.41. The number of ketones is 1. The highest BCUT2D eigenvalue weighted by Crippen LogP contribution is 2.34. The molecular weight excluding hydrogens is 272 g/mol. The second kappa shape index (κ2) is 4.21. The van der Waals surface area contributed by atoms with E-state index in [1.54, 1.807) is 12.1 Å². The van der Waals surface area contributed by atoms with Crippen LogP contribution in [0.2, 0.25) is 0 Å². The fraction of sp³-hybridized carbons (Fsp3) is 0.417. The van der Waals surface area contributed by atoms with Gasteiger partial charge in [0.15, 0.2) is 27.1 Å². The Morgan fingerprint density at radius 3 is 2.63 bits per heavy atom. The number of sulfone groups is 1. The molecule has 1 N–H and O–H groups in total. The lowest BCUT2D eigenvalue weighted by Gasteiger charge is -2.11. The Bertz CT molecular complexity index is 636. The van der Waals surface area contributed by atoms with Crippen molar-refractivity contribution in [2.45, 2.75) is 6.10 Å². The van der Waals surface area contributed by atoms with Crippen LogP contribution >= 0.6 is 0 Å². The van der Waals surface area contributed by atoms with Crippen molar-refractivity contribution in [3.63, 3.8) is 0 Å². The number of benzene rings is 1. The minimum absolute atomic E-state index is 0.105. The average Bonchev–Trinajstić information content (AvgIpc) is 2.91. The molecule has 1 saturated heterocycles. The van der Waals surface area contributed by atoms with Gasteiger partial charge in [-0.2, -0.15) is 0 Å². The number of ether oxygens (including phenoxy) is 2. The number of aliphatic hydroxyl groups excluding tert-OH is 1. The summed E-state index contributed by atoms with van der Waals surface area (Å²) in [5.74, 6) is -0.926. The van der Waals surface area contributed by atoms with Crippen molar-refractivity contribution in [3.8, 4) is 11.5 Å². The molecule has 0 bridgehead atoms. The summed E-state index contributed by atoms with van der Waals surface area (Å²) < 4.78 is 33.1. The summed E-state index contributed by atoms with van der Waals surface area (Å²) in [4.78, 5) is 12.2. The molecule has 102 valence electrons. The molecule has 0 radical (unpaired) electrons. The van der Waals surface area contributed by atoms with Crippen molar-refractivity contribution in [2.24, 2.45) is 5.92 Å². The van der Waals surface area contributed by atoms with Gasteiger partial charge in [0.25, 0.3) is 0 Å². The molecule has 0 aromatic heterocycles. The summed E-state index contributed by atoms with van der Waals surface area (Å²) in [6.45, 7) is 0.105. The highest BCUT2D eigenvalue weighted by molar-refractivity contribution is 7.91. The van der Waals surface area contributed by atoms with Crippen molar-refractivity contribution < 1.29 is 27.8 Å². The summed E-state index contributed by atoms with van der Waals surface area (Å²) in [6.07, 6.45) is -1.14. The van der Waals surface area contributed by atoms with Gasteiger partial charge < -0.3 is 14.6 Å². The van der Waals surface area contributed by atoms with Crippen molar-refractivity contribution in [1.82, 2.24) is 0 Å². The Labute approximate surface area is 109 Å². The van der Waals surface area contributed by atoms with E-state index in [4.69, 9.17) is 9.47 Å². The van der Waals surface area contributed by atoms with Gasteiger partial charge in [0.05, 0.1) is 23.5 Å². The van der Waals surface area contributed by atoms with Gasteiger partial charge >= 0.3 is 0 Å². The molecule has 1 aromatic rings. The van der Waals surface area contributed by atoms with Gasteiger partial charge in [-0.15, -0.1) is 0 Å². The fourth-order valence-corrected chi connectivity index (χ4v) is 4.15. The summed E-state index contributed by atoms with van der Waals surface area (Å²) in [7, 11) is -3.34. The minimum atomic E-state index is -3.34. The normalized spacial score (nSPS) is 27.4. The first kappa shape index (κ1) is 12.4. The number of carbonyl (C=O) groups is 1. The topological polar surface area (TPSA) is 89.9 Å². The van der Waals surface area contributed by atoms with Gasteiger partial charge in [-0.3, -0.25) is 4.79 Å². The number of fused-ring (bicyclic) bond motifs is 1. The lowest BCUT2D eigenvalue weighted by molar-refractivity contribution is 0.0792. The second-order valence-electron chi connectivity index (χ2n) is 4.68. The summed E-state index contributed by atoms with van der Waals surface area (Å²) in [5, 5.41) is 9.69. The third-order valence-electron chi connectivity index (χ3n) is 3.32. The molecule has 2 heterocycles. The Kier molecular flexibility index (Phi) is 2.75. The van der Waals surface area contributed by atoms with E-state index in [0.29, 0.717) is 17.1 Å². The quantitative estimate of drug-likeness (QED) is 0.769. The summed E-state index contributed by atoms with van der Waals surface area (Å²) in [5.41, 5.74) is 0.324. The van der Waals surface area contributed by atoms with Crippen molar-refractivity contribution in [3.05, 3.63) is 23.8 Å². The molecule has 2 aliphatic heterocycles. The number of Topliss-reactive ketones (excluding diaryl/α,β-unsaturated/α-hetero) is 1. The van der Waals surface area contributed by atoms with E-state index in [0.717, 1.165) is 0 Å². The minimum Gasteiger partial charge on any atom is -0.454 e. The zero-order valence-electron chi connectivity index (χ0n) is 9.90. The lowest BCUT2D eigenvalue weighted by atomic mass is 9.95. The third-order valence-corrected chi connectivity index (χ3v) is 5.03. The van der Waals surface area contributed by atoms with Crippen LogP contribution in [0.1, 0.15) is 10.4 Å². The third kappa shape index (κ3) is 2.19. The number of aliphatic hydroxyl groups is 1. The molecule has 1 fully saturated rings. The number of hydrogen-bond acceptors (Lipinski definition) is 6. The SMILES string of the molecule is O=C(c1ccc2c(c1)OCO2)C1CS(=O)(=O)CC1O. The van der Waals surface area contributed by atoms with Crippen LogP contribution in [0.15, 0.2) is 18.2 Å². The highest BCUT2D eigenvalue weighted by atomic mass is 32.2. The average molecular weight is 284 g/mol. The zero-order chi connectivity index (χ0) is 13.6. The lowest BCUT2D eigenvalue weighted by Crippen LogP contribution is -2.26. The van der Waals surface area contributed by atoms with Gasteiger partial charge in [-0.25, -0.2) is 8.42 Å². The van der Waals surface area contributed by atoms with Crippen LogP contribution in [-0.4, -0.2) is 43.7 Å². The summed E-state index contributed by atoms with van der Waals surface area (Å²) in [6, 6.07) is 4.67. The van der Waals surface area contributed by atoms with E-state index in [-0.39, 0.29) is 24.1 Å². The first-order valence-electron chi connectivity index (χ1n) is 5.79. The molecule has 6 nitrogen and oxygen atoms in total. The molecule has 0 amide bonds. The number of hydrogen-bond donors (Lipinski definition) is 1. The van der Waals surface area contributed by atoms with Crippen molar-refractivity contribution >= 4 is 15.6 Å². The van der Waals surface area contributed by atoms with Crippen molar-refractivity contribution in [1.29, 1.82) is 0 Å². The molecule has 2 atom stereocenters. The van der Waals surface area contributed by atoms with E-state index in [2.05, 4.69) is 0 Å². The Hall–Kier alpha value is -1.60. The molecule has 2 unspecified atom stereocenters. The maximum atomic E-state index is 12.2. The molecular formula is C12H12O6S. The van der Waals surface area contributed by atoms with E-state index in [1.807, 2.05) is 0 Å². The van der Waals surface area contributed by atoms with Gasteiger partial charge in [-0.1, -0.05) is 0 Å². The Morgan fingerprint density at radius 1 is 1.21 bits per heavy atom. The second-order valence-corrected chi connectivity index (χ2v) is 6.84. The van der Waals surface area contributed by atoms with Gasteiger partial charge in [0.2, 0.25) is 6.79 Å². The molecule has 19 heavy (non-hydrogen) atoms. The van der Waals surface area contributed by atoms with E-state index in [9.17, 15) is 18.3 Å². The molecule has 1 aromatic carbocycles. The van der Waals surface area contributed by atoms with Crippen LogP contribution in [0, 0.1) is 5.92 Å². The first-order valence-corrected chi connectivity index (χ1v) is 7.61. The Balaban J connectivity index is 1.89. The van der Waals surface area contributed by atoms with Crippen LogP contribution in [0.4, 0.5) is 0 Å². The zero-order valence-corrected chi connectivity index (χ0v) is 10.7. The first-order chi connectivity index (χ1) is 8.96. The molecule has 3 rings (SSSR count). The largest absolute Gasteiger partial charge is 0.454 e. The smallest absolute Gasteiger partial charge is 0.231 e. The number of carbonyl (C=O) groups excluding carboxylic acids is 1. The molecule has 0 aliphatic carbocycles. The van der Waals surface area contributed by atoms with E-state index in [1.165, 1.54) is 6.07 Å². The van der Waals surface area contributed by atoms with Crippen LogP contribution in [0.5, 0.6) is 11.5 Å². The van der Waals surface area contributed by atoms with Crippen LogP contribution in [0.3, 0.4) is 0 Å². The fourth-order valence-electron chi connectivity index (χ4n) is 2.34. The Morgan fingerprint density at radius 2 is 1.95 bits per heavy atom. The van der Waals surface area contributed by atoms with Gasteiger partial charge in [-0.05, 0) is 18.2 Å². The maximum Gasteiger partial charge on any atom is 0.231 e. The summed E-state index contributed by atoms with van der Waals surface area (Å²) >= 11 is 0. The van der Waals surface area contributed by atoms with Gasteiger partial charge in [0.1, 0.15) is 0 Å². The predicted octanol–water partition coefficient (Wildman–Crippen LogP) is 0.00350. The predicted molar refractivity (Wildman–Crippen MR) is 65.0 cm³/mol. The van der Waals surface area contributed by atoms with Crippen LogP contribution in [-0.2, 0) is 9.84 Å². The van der Waals surface area contributed by atoms with Crippen LogP contribution < -0.4 is 9.47 Å². The maximum absolute atomic E-state index is 12.2. The standard InChI is InChI=1S/C12H12O6S/c13-9-5-19(15,16)4-8(9)12(14)7-1-2-10-11(3-7)18-6-17-10/h1-3,8-9,13H,4-6H2. The van der Waals surface area contributed by atoms with Crippen LogP contribution in [0.25, 0.3) is 0 Å². The van der Waals surface area contributed by atoms with E-state index >= 15 is 0 Å². The molecule has 0 saturated carbocycles. The van der Waals surface area contributed by atoms with Gasteiger partial charge in [0, 0.05) is 5.56 Å². The molecule has 7 heteroatoms. The van der Waals surface area contributed by atoms with Crippen molar-refractivity contribution in [2.75, 3.05) is 18.3 Å². The number of rotatable bonds is 2.